The summed E-state index contributed by atoms with van der Waals surface area (Å²) < 4.78 is 10.9. The van der Waals surface area contributed by atoms with Gasteiger partial charge in [-0.3, -0.25) is 0 Å². The number of benzene rings is 2. The van der Waals surface area contributed by atoms with Gasteiger partial charge in [0.1, 0.15) is 29.5 Å². The maximum Gasteiger partial charge on any atom is 0.332 e. The van der Waals surface area contributed by atoms with E-state index in [-0.39, 0.29) is 6.03 Å². The van der Waals surface area contributed by atoms with E-state index >= 15 is 0 Å². The minimum absolute atomic E-state index is 0.292. The molecule has 0 spiro atoms. The lowest BCUT2D eigenvalue weighted by atomic mass is 9.98. The van der Waals surface area contributed by atoms with Gasteiger partial charge < -0.3 is 29.9 Å². The molecule has 0 unspecified atom stereocenters. The molecule has 226 valence electrons. The highest BCUT2D eigenvalue weighted by molar-refractivity contribution is 6.00. The van der Waals surface area contributed by atoms with E-state index in [4.69, 9.17) is 9.47 Å². The van der Waals surface area contributed by atoms with Crippen molar-refractivity contribution in [1.82, 2.24) is 20.2 Å². The Balaban J connectivity index is 1.46. The molecule has 3 aromatic rings. The van der Waals surface area contributed by atoms with E-state index in [1.165, 1.54) is 6.33 Å². The number of anilines is 5. The Morgan fingerprint density at radius 1 is 0.977 bits per heavy atom. The van der Waals surface area contributed by atoms with Crippen molar-refractivity contribution in [3.63, 3.8) is 0 Å². The molecule has 10 heteroatoms. The van der Waals surface area contributed by atoms with Crippen LogP contribution in [0.1, 0.15) is 33.6 Å². The Morgan fingerprint density at radius 2 is 1.74 bits per heavy atom. The summed E-state index contributed by atoms with van der Waals surface area (Å²) in [5.74, 6) is 2.23. The number of carbonyl (C=O) groups excluding carboxylic acids is 1. The molecule has 1 fully saturated rings. The lowest BCUT2D eigenvalue weighted by molar-refractivity contribution is 0.250. The van der Waals surface area contributed by atoms with Gasteiger partial charge in [0.05, 0.1) is 25.6 Å². The van der Waals surface area contributed by atoms with Crippen molar-refractivity contribution in [2.24, 2.45) is 0 Å². The number of amides is 2. The molecule has 2 N–H and O–H groups in total. The van der Waals surface area contributed by atoms with Gasteiger partial charge in [0.15, 0.2) is 0 Å². The highest BCUT2D eigenvalue weighted by Gasteiger charge is 2.24. The lowest BCUT2D eigenvalue weighted by Gasteiger charge is -2.35. The molecule has 2 aromatic carbocycles. The molecule has 1 aliphatic heterocycles. The van der Waals surface area contributed by atoms with E-state index < -0.39 is 0 Å². The SMILES string of the molecule is CCN1CCN(c2ccc(N(C(=O)NC3=C(C)CCC=C3C)c3cc(Nc4ccc(OC)cc4OC)ncn3)cc2)CC1. The quantitative estimate of drug-likeness (QED) is 0.306. The van der Waals surface area contributed by atoms with Gasteiger partial charge in [-0.1, -0.05) is 13.0 Å². The van der Waals surface area contributed by atoms with Crippen LogP contribution < -0.4 is 29.9 Å². The van der Waals surface area contributed by atoms with Crippen LogP contribution in [0.3, 0.4) is 0 Å². The summed E-state index contributed by atoms with van der Waals surface area (Å²) in [6.07, 6.45) is 5.50. The second-order valence-corrected chi connectivity index (χ2v) is 10.7. The summed E-state index contributed by atoms with van der Waals surface area (Å²) in [6.45, 7) is 11.4. The number of piperazine rings is 1. The van der Waals surface area contributed by atoms with Crippen LogP contribution >= 0.6 is 0 Å². The molecule has 2 amide bonds. The molecule has 0 bridgehead atoms. The van der Waals surface area contributed by atoms with E-state index in [0.717, 1.165) is 68.1 Å². The fourth-order valence-corrected chi connectivity index (χ4v) is 5.50. The monoisotopic (exact) mass is 583 g/mol. The van der Waals surface area contributed by atoms with Gasteiger partial charge in [0.2, 0.25) is 0 Å². The highest BCUT2D eigenvalue weighted by Crippen LogP contribution is 2.33. The minimum Gasteiger partial charge on any atom is -0.497 e. The summed E-state index contributed by atoms with van der Waals surface area (Å²) in [6, 6.07) is 15.1. The molecule has 5 rings (SSSR count). The van der Waals surface area contributed by atoms with Crippen LogP contribution in [0.2, 0.25) is 0 Å². The molecule has 1 aliphatic carbocycles. The van der Waals surface area contributed by atoms with E-state index in [9.17, 15) is 4.79 Å². The standard InChI is InChI=1S/C33H41N7O3/c1-6-38-16-18-39(19-17-38)25-10-12-26(13-11-25)40(33(41)37-32-23(2)8-7-9-24(32)3)31-21-30(34-22-35-31)36-28-15-14-27(42-4)20-29(28)43-5/h8,10-15,20-22H,6-7,9,16-19H2,1-5H3,(H,37,41)(H,34,35,36). The van der Waals surface area contributed by atoms with Gasteiger partial charge in [0, 0.05) is 49.7 Å². The topological polar surface area (TPSA) is 95.1 Å². The van der Waals surface area contributed by atoms with Gasteiger partial charge in [-0.25, -0.2) is 19.7 Å². The first-order chi connectivity index (χ1) is 20.9. The van der Waals surface area contributed by atoms with Crippen LogP contribution in [0.5, 0.6) is 11.5 Å². The lowest BCUT2D eigenvalue weighted by Crippen LogP contribution is -2.46. The molecule has 10 nitrogen and oxygen atoms in total. The van der Waals surface area contributed by atoms with Crippen molar-refractivity contribution < 1.29 is 14.3 Å². The van der Waals surface area contributed by atoms with E-state index in [1.54, 1.807) is 31.3 Å². The fraction of sp³-hybridized carbons (Fsp3) is 0.364. The van der Waals surface area contributed by atoms with Crippen molar-refractivity contribution >= 4 is 34.7 Å². The van der Waals surface area contributed by atoms with Crippen LogP contribution in [0.25, 0.3) is 0 Å². The van der Waals surface area contributed by atoms with Gasteiger partial charge in [-0.15, -0.1) is 0 Å². The average Bonchev–Trinajstić information content (AvgIpc) is 3.04. The van der Waals surface area contributed by atoms with Crippen LogP contribution in [0.4, 0.5) is 33.5 Å². The summed E-state index contributed by atoms with van der Waals surface area (Å²) in [7, 11) is 3.21. The number of nitrogens with one attached hydrogen (secondary N) is 2. The number of hydrogen-bond donors (Lipinski definition) is 2. The molecule has 2 aliphatic rings. The first kappa shape index (κ1) is 29.9. The molecule has 1 saturated heterocycles. The number of aromatic nitrogens is 2. The number of hydrogen-bond acceptors (Lipinski definition) is 8. The van der Waals surface area contributed by atoms with Crippen molar-refractivity contribution in [3.8, 4) is 11.5 Å². The number of nitrogens with zero attached hydrogens (tertiary/aromatic N) is 5. The number of allylic oxidation sites excluding steroid dienone is 3. The number of urea groups is 1. The van der Waals surface area contributed by atoms with Gasteiger partial charge in [0.25, 0.3) is 0 Å². The molecule has 2 heterocycles. The largest absolute Gasteiger partial charge is 0.497 e. The fourth-order valence-electron chi connectivity index (χ4n) is 5.50. The average molecular weight is 584 g/mol. The van der Waals surface area contributed by atoms with E-state index in [0.29, 0.717) is 34.5 Å². The zero-order chi connectivity index (χ0) is 30.3. The summed E-state index contributed by atoms with van der Waals surface area (Å²) in [5.41, 5.74) is 5.64. The molecular formula is C33H41N7O3. The van der Waals surface area contributed by atoms with Gasteiger partial charge in [-0.05, 0) is 80.8 Å². The third-order valence-corrected chi connectivity index (χ3v) is 8.07. The Hall–Kier alpha value is -4.57. The van der Waals surface area contributed by atoms with Gasteiger partial charge >= 0.3 is 6.03 Å². The van der Waals surface area contributed by atoms with E-state index in [1.807, 2.05) is 31.2 Å². The Bertz CT molecular complexity index is 1490. The Labute approximate surface area is 254 Å². The number of rotatable bonds is 9. The normalized spacial score (nSPS) is 15.6. The molecule has 0 saturated carbocycles. The molecule has 43 heavy (non-hydrogen) atoms. The number of ether oxygens (including phenoxy) is 2. The van der Waals surface area contributed by atoms with Crippen LogP contribution in [-0.2, 0) is 0 Å². The Morgan fingerprint density at radius 3 is 2.42 bits per heavy atom. The predicted octanol–water partition coefficient (Wildman–Crippen LogP) is 6.24. The van der Waals surface area contributed by atoms with Crippen molar-refractivity contribution in [1.29, 1.82) is 0 Å². The number of likely N-dealkylation sites (N-methyl/N-ethyl adjacent to an activating group) is 1. The van der Waals surface area contributed by atoms with Crippen molar-refractivity contribution in [2.75, 3.05) is 62.1 Å². The maximum absolute atomic E-state index is 14.0. The number of carbonyl (C=O) groups is 1. The van der Waals surface area contributed by atoms with E-state index in [2.05, 4.69) is 62.5 Å². The smallest absolute Gasteiger partial charge is 0.332 e. The summed E-state index contributed by atoms with van der Waals surface area (Å²) in [5, 5.41) is 6.47. The first-order valence-electron chi connectivity index (χ1n) is 14.8. The Kier molecular flexibility index (Phi) is 9.46. The van der Waals surface area contributed by atoms with Crippen LogP contribution in [0.15, 0.2) is 77.8 Å². The summed E-state index contributed by atoms with van der Waals surface area (Å²) >= 11 is 0. The molecule has 0 atom stereocenters. The predicted molar refractivity (Wildman–Crippen MR) is 172 cm³/mol. The molecule has 1 aromatic heterocycles. The maximum atomic E-state index is 14.0. The zero-order valence-electron chi connectivity index (χ0n) is 25.7. The number of methoxy groups -OCH3 is 2. The molecule has 0 radical (unpaired) electrons. The van der Waals surface area contributed by atoms with Crippen molar-refractivity contribution in [2.45, 2.75) is 33.6 Å². The minimum atomic E-state index is -0.292. The summed E-state index contributed by atoms with van der Waals surface area (Å²) in [4.78, 5) is 29.4. The van der Waals surface area contributed by atoms with Crippen LogP contribution in [0, 0.1) is 0 Å². The third-order valence-electron chi connectivity index (χ3n) is 8.07. The molecular weight excluding hydrogens is 542 g/mol. The van der Waals surface area contributed by atoms with Crippen LogP contribution in [-0.4, -0.2) is 67.8 Å². The second-order valence-electron chi connectivity index (χ2n) is 10.7. The zero-order valence-corrected chi connectivity index (χ0v) is 25.7. The second kappa shape index (κ2) is 13.6. The van der Waals surface area contributed by atoms with Gasteiger partial charge in [-0.2, -0.15) is 0 Å². The van der Waals surface area contributed by atoms with Crippen molar-refractivity contribution in [3.05, 3.63) is 77.8 Å². The first-order valence-corrected chi connectivity index (χ1v) is 14.8. The highest BCUT2D eigenvalue weighted by atomic mass is 16.5. The third kappa shape index (κ3) is 6.91.